The van der Waals surface area contributed by atoms with Crippen LogP contribution in [0.2, 0.25) is 0 Å². The Kier molecular flexibility index (Phi) is 6.56. The van der Waals surface area contributed by atoms with E-state index in [2.05, 4.69) is 110 Å². The van der Waals surface area contributed by atoms with E-state index in [0.717, 1.165) is 77.2 Å². The molecule has 2 aromatic heterocycles. The lowest BCUT2D eigenvalue weighted by atomic mass is 9.98. The summed E-state index contributed by atoms with van der Waals surface area (Å²) in [4.78, 5) is 7.65. The van der Waals surface area contributed by atoms with Crippen molar-refractivity contribution in [3.63, 3.8) is 0 Å². The topological polar surface area (TPSA) is 42.4 Å². The van der Waals surface area contributed by atoms with E-state index in [1.54, 1.807) is 0 Å². The van der Waals surface area contributed by atoms with E-state index in [-0.39, 0.29) is 0 Å². The van der Waals surface area contributed by atoms with Crippen LogP contribution in [0.5, 0.6) is 0 Å². The number of rotatable bonds is 4. The molecule has 0 saturated heterocycles. The van der Waals surface area contributed by atoms with E-state index in [0.29, 0.717) is 16.9 Å². The van der Waals surface area contributed by atoms with Gasteiger partial charge in [0.1, 0.15) is 6.07 Å². The Morgan fingerprint density at radius 1 is 0.500 bits per heavy atom. The SMILES string of the molecule is [C-]#[N+]c1ccc2c(c1)c1ccccc1n2-c1c([N+]#[C-])cccc1-c1ccc(-c2cccc(-n3c4ccccc4c4cccc(C#N)c43)c2)cc1. The summed E-state index contributed by atoms with van der Waals surface area (Å²) >= 11 is 0. The van der Waals surface area contributed by atoms with E-state index in [1.807, 2.05) is 66.7 Å². The maximum atomic E-state index is 10.0. The molecule has 50 heavy (non-hydrogen) atoms. The van der Waals surface area contributed by atoms with Crippen molar-refractivity contribution in [3.05, 3.63) is 180 Å². The highest BCUT2D eigenvalue weighted by molar-refractivity contribution is 6.12. The fourth-order valence-electron chi connectivity index (χ4n) is 7.40. The van der Waals surface area contributed by atoms with Gasteiger partial charge in [0.2, 0.25) is 5.69 Å². The van der Waals surface area contributed by atoms with Crippen LogP contribution in [0.3, 0.4) is 0 Å². The summed E-state index contributed by atoms with van der Waals surface area (Å²) in [5, 5.41) is 14.2. The Morgan fingerprint density at radius 3 is 1.92 bits per heavy atom. The maximum absolute atomic E-state index is 10.0. The van der Waals surface area contributed by atoms with E-state index >= 15 is 0 Å². The quantitative estimate of drug-likeness (QED) is 0.177. The molecule has 0 aliphatic carbocycles. The number of aromatic nitrogens is 2. The molecule has 5 nitrogen and oxygen atoms in total. The zero-order valence-electron chi connectivity index (χ0n) is 26.7. The van der Waals surface area contributed by atoms with Crippen molar-refractivity contribution in [1.29, 1.82) is 5.26 Å². The highest BCUT2D eigenvalue weighted by Gasteiger charge is 2.20. The van der Waals surface area contributed by atoms with Crippen molar-refractivity contribution in [2.75, 3.05) is 0 Å². The normalized spacial score (nSPS) is 11.1. The van der Waals surface area contributed by atoms with Crippen molar-refractivity contribution in [1.82, 2.24) is 9.13 Å². The summed E-state index contributed by atoms with van der Waals surface area (Å²) in [6, 6.07) is 53.3. The number of benzene rings is 7. The Labute approximate surface area is 288 Å². The van der Waals surface area contributed by atoms with Gasteiger partial charge in [0, 0.05) is 21.8 Å². The molecule has 5 heteroatoms. The fourth-order valence-corrected chi connectivity index (χ4v) is 7.40. The number of hydrogen-bond donors (Lipinski definition) is 0. The first kappa shape index (κ1) is 28.8. The summed E-state index contributed by atoms with van der Waals surface area (Å²) < 4.78 is 4.36. The minimum absolute atomic E-state index is 0.555. The summed E-state index contributed by atoms with van der Waals surface area (Å²) in [6.07, 6.45) is 0. The third kappa shape index (κ3) is 4.31. The van der Waals surface area contributed by atoms with E-state index in [9.17, 15) is 5.26 Å². The van der Waals surface area contributed by atoms with Crippen LogP contribution in [0.15, 0.2) is 152 Å². The third-order valence-corrected chi connectivity index (χ3v) is 9.59. The average Bonchev–Trinajstić information content (AvgIpc) is 3.70. The van der Waals surface area contributed by atoms with Crippen molar-refractivity contribution >= 4 is 55.0 Å². The van der Waals surface area contributed by atoms with Gasteiger partial charge in [-0.1, -0.05) is 109 Å². The van der Waals surface area contributed by atoms with Gasteiger partial charge < -0.3 is 9.13 Å². The highest BCUT2D eigenvalue weighted by Crippen LogP contribution is 2.42. The zero-order chi connectivity index (χ0) is 33.8. The van der Waals surface area contributed by atoms with Crippen LogP contribution in [0.25, 0.3) is 86.9 Å². The molecule has 0 amide bonds. The van der Waals surface area contributed by atoms with Gasteiger partial charge in [-0.15, -0.1) is 0 Å². The summed E-state index contributed by atoms with van der Waals surface area (Å²) in [7, 11) is 0. The molecule has 230 valence electrons. The number of para-hydroxylation sites is 4. The van der Waals surface area contributed by atoms with Gasteiger partial charge in [-0.25, -0.2) is 9.69 Å². The Bertz CT molecular complexity index is 2960. The molecule has 9 rings (SSSR count). The van der Waals surface area contributed by atoms with E-state index in [4.69, 9.17) is 13.1 Å². The minimum Gasteiger partial charge on any atom is -0.318 e. The predicted molar refractivity (Wildman–Crippen MR) is 203 cm³/mol. The third-order valence-electron chi connectivity index (χ3n) is 9.59. The summed E-state index contributed by atoms with van der Waals surface area (Å²) in [6.45, 7) is 15.7. The van der Waals surface area contributed by atoms with E-state index in [1.165, 1.54) is 0 Å². The van der Waals surface area contributed by atoms with Crippen LogP contribution >= 0.6 is 0 Å². The van der Waals surface area contributed by atoms with Crippen LogP contribution in [-0.4, -0.2) is 9.13 Å². The second-order valence-corrected chi connectivity index (χ2v) is 12.2. The molecular formula is C45H25N5. The van der Waals surface area contributed by atoms with Crippen LogP contribution in [0.1, 0.15) is 5.56 Å². The molecule has 0 bridgehead atoms. The molecular weight excluding hydrogens is 611 g/mol. The molecule has 0 fully saturated rings. The van der Waals surface area contributed by atoms with Crippen molar-refractivity contribution in [2.45, 2.75) is 0 Å². The molecule has 0 radical (unpaired) electrons. The lowest BCUT2D eigenvalue weighted by molar-refractivity contribution is 1.18. The van der Waals surface area contributed by atoms with Crippen molar-refractivity contribution < 1.29 is 0 Å². The molecule has 0 N–H and O–H groups in total. The van der Waals surface area contributed by atoms with Crippen LogP contribution < -0.4 is 0 Å². The Hall–Kier alpha value is -7.39. The number of fused-ring (bicyclic) bond motifs is 6. The molecule has 7 aromatic carbocycles. The van der Waals surface area contributed by atoms with Gasteiger partial charge in [0.15, 0.2) is 5.69 Å². The lowest BCUT2D eigenvalue weighted by Crippen LogP contribution is -1.98. The second-order valence-electron chi connectivity index (χ2n) is 12.2. The van der Waals surface area contributed by atoms with Gasteiger partial charge in [0.05, 0.1) is 46.5 Å². The number of hydrogen-bond acceptors (Lipinski definition) is 1. The standard InChI is InChI=1S/C45H25N5/c1-47-33-24-25-43-39(27-33)37-14-4-6-19-42(37)50(43)45-35(15-9-17-40(45)48-2)30-22-20-29(21-23-30)31-10-7-12-34(26-31)49-41-18-5-3-13-36(41)38-16-8-11-32(28-46)44(38)49/h3-27H. The second kappa shape index (κ2) is 11.4. The Balaban J connectivity index is 1.18. The first-order valence-electron chi connectivity index (χ1n) is 16.2. The highest BCUT2D eigenvalue weighted by atomic mass is 15.0. The first-order valence-corrected chi connectivity index (χ1v) is 16.2. The van der Waals surface area contributed by atoms with Gasteiger partial charge in [-0.2, -0.15) is 5.26 Å². The first-order chi connectivity index (χ1) is 24.7. The number of nitriles is 1. The lowest BCUT2D eigenvalue weighted by Gasteiger charge is -2.16. The maximum Gasteiger partial charge on any atom is 0.211 e. The van der Waals surface area contributed by atoms with Crippen molar-refractivity contribution in [2.24, 2.45) is 0 Å². The van der Waals surface area contributed by atoms with Gasteiger partial charge in [-0.05, 0) is 70.1 Å². The molecule has 2 heterocycles. The molecule has 0 saturated carbocycles. The fraction of sp³-hybridized carbons (Fsp3) is 0. The van der Waals surface area contributed by atoms with Gasteiger partial charge >= 0.3 is 0 Å². The average molecular weight is 636 g/mol. The van der Waals surface area contributed by atoms with Gasteiger partial charge in [-0.3, -0.25) is 0 Å². The monoisotopic (exact) mass is 635 g/mol. The largest absolute Gasteiger partial charge is 0.318 e. The Morgan fingerprint density at radius 2 is 1.16 bits per heavy atom. The number of nitrogens with zero attached hydrogens (tertiary/aromatic N) is 5. The zero-order valence-corrected chi connectivity index (χ0v) is 26.7. The molecule has 0 aliphatic rings. The molecule has 0 atom stereocenters. The molecule has 0 spiro atoms. The molecule has 0 unspecified atom stereocenters. The molecule has 9 aromatic rings. The van der Waals surface area contributed by atoms with Gasteiger partial charge in [0.25, 0.3) is 0 Å². The summed E-state index contributed by atoms with van der Waals surface area (Å²) in [5.41, 5.74) is 11.5. The van der Waals surface area contributed by atoms with Crippen LogP contribution in [0, 0.1) is 24.5 Å². The van der Waals surface area contributed by atoms with E-state index < -0.39 is 0 Å². The van der Waals surface area contributed by atoms with Crippen LogP contribution in [0.4, 0.5) is 11.4 Å². The predicted octanol–water partition coefficient (Wildman–Crippen LogP) is 12.2. The minimum atomic E-state index is 0.555. The summed E-state index contributed by atoms with van der Waals surface area (Å²) in [5.74, 6) is 0. The molecule has 0 aliphatic heterocycles. The van der Waals surface area contributed by atoms with Crippen LogP contribution in [-0.2, 0) is 0 Å². The smallest absolute Gasteiger partial charge is 0.211 e. The van der Waals surface area contributed by atoms with Crippen molar-refractivity contribution in [3.8, 4) is 39.7 Å².